The highest BCUT2D eigenvalue weighted by Crippen LogP contribution is 2.29. The van der Waals surface area contributed by atoms with Gasteiger partial charge >= 0.3 is 0 Å². The fourth-order valence-electron chi connectivity index (χ4n) is 2.94. The van der Waals surface area contributed by atoms with Gasteiger partial charge in [0, 0.05) is 23.8 Å². The van der Waals surface area contributed by atoms with Crippen molar-refractivity contribution in [1.82, 2.24) is 9.97 Å². The zero-order chi connectivity index (χ0) is 13.4. The fourth-order valence-corrected chi connectivity index (χ4v) is 2.94. The molecule has 0 aliphatic carbocycles. The van der Waals surface area contributed by atoms with Gasteiger partial charge in [-0.25, -0.2) is 9.97 Å². The summed E-state index contributed by atoms with van der Waals surface area (Å²) in [5.74, 6) is 0. The average molecular weight is 261 g/mol. The van der Waals surface area contributed by atoms with Gasteiger partial charge in [-0.1, -0.05) is 36.4 Å². The molecule has 0 saturated heterocycles. The second-order valence-corrected chi connectivity index (χ2v) is 5.16. The van der Waals surface area contributed by atoms with Crippen molar-refractivity contribution in [3.05, 3.63) is 66.2 Å². The summed E-state index contributed by atoms with van der Waals surface area (Å²) < 4.78 is 0. The average Bonchev–Trinajstić information content (AvgIpc) is 2.54. The van der Waals surface area contributed by atoms with Crippen LogP contribution in [0.3, 0.4) is 0 Å². The Morgan fingerprint density at radius 3 is 2.90 bits per heavy atom. The summed E-state index contributed by atoms with van der Waals surface area (Å²) in [6, 6.07) is 15.1. The van der Waals surface area contributed by atoms with Gasteiger partial charge in [0.15, 0.2) is 0 Å². The topological polar surface area (TPSA) is 29.0 Å². The van der Waals surface area contributed by atoms with Crippen LogP contribution >= 0.6 is 0 Å². The van der Waals surface area contributed by atoms with E-state index in [1.54, 1.807) is 6.33 Å². The monoisotopic (exact) mass is 261 g/mol. The number of nitrogens with zero attached hydrogens (tertiary/aromatic N) is 3. The van der Waals surface area contributed by atoms with E-state index in [4.69, 9.17) is 0 Å². The second kappa shape index (κ2) is 4.60. The first-order chi connectivity index (χ1) is 9.92. The first-order valence-corrected chi connectivity index (χ1v) is 6.92. The van der Waals surface area contributed by atoms with Crippen LogP contribution in [0.25, 0.3) is 10.8 Å². The summed E-state index contributed by atoms with van der Waals surface area (Å²) in [6.45, 7) is 1.89. The van der Waals surface area contributed by atoms with Gasteiger partial charge < -0.3 is 4.90 Å². The molecule has 0 atom stereocenters. The first kappa shape index (κ1) is 11.4. The van der Waals surface area contributed by atoms with Crippen molar-refractivity contribution in [2.75, 3.05) is 11.4 Å². The number of benzene rings is 2. The summed E-state index contributed by atoms with van der Waals surface area (Å²) in [7, 11) is 0. The van der Waals surface area contributed by atoms with Crippen LogP contribution in [0.15, 0.2) is 55.0 Å². The Bertz CT molecular complexity index is 762. The predicted octanol–water partition coefficient (Wildman–Crippen LogP) is 3.19. The highest BCUT2D eigenvalue weighted by molar-refractivity contribution is 5.94. The summed E-state index contributed by atoms with van der Waals surface area (Å²) in [6.07, 6.45) is 4.60. The van der Waals surface area contributed by atoms with Crippen molar-refractivity contribution in [2.24, 2.45) is 0 Å². The summed E-state index contributed by atoms with van der Waals surface area (Å²) in [4.78, 5) is 11.0. The van der Waals surface area contributed by atoms with E-state index in [9.17, 15) is 0 Å². The van der Waals surface area contributed by atoms with Crippen LogP contribution in [0.4, 0.5) is 5.69 Å². The van der Waals surface area contributed by atoms with Crippen molar-refractivity contribution >= 4 is 16.5 Å². The van der Waals surface area contributed by atoms with Gasteiger partial charge in [-0.3, -0.25) is 0 Å². The molecule has 20 heavy (non-hydrogen) atoms. The van der Waals surface area contributed by atoms with Crippen molar-refractivity contribution in [1.29, 1.82) is 0 Å². The van der Waals surface area contributed by atoms with E-state index in [0.717, 1.165) is 25.2 Å². The van der Waals surface area contributed by atoms with Gasteiger partial charge in [-0.05, 0) is 23.4 Å². The number of rotatable bonds is 1. The van der Waals surface area contributed by atoms with E-state index in [-0.39, 0.29) is 0 Å². The summed E-state index contributed by atoms with van der Waals surface area (Å²) in [5.41, 5.74) is 3.73. The molecule has 1 aliphatic heterocycles. The lowest BCUT2D eigenvalue weighted by Crippen LogP contribution is -2.31. The molecule has 0 spiro atoms. The smallest absolute Gasteiger partial charge is 0.115 e. The molecule has 0 radical (unpaired) electrons. The molecule has 0 N–H and O–H groups in total. The van der Waals surface area contributed by atoms with E-state index in [1.165, 1.54) is 22.0 Å². The standard InChI is InChI=1S/C17H15N3/c1-2-6-15-13(4-1)5-3-7-17(15)20-9-8-14-10-18-12-19-16(14)11-20/h1-7,10,12H,8-9,11H2. The molecule has 3 nitrogen and oxygen atoms in total. The van der Waals surface area contributed by atoms with Crippen LogP contribution in [0.2, 0.25) is 0 Å². The van der Waals surface area contributed by atoms with Gasteiger partial charge in [0.25, 0.3) is 0 Å². The fraction of sp³-hybridized carbons (Fsp3) is 0.176. The van der Waals surface area contributed by atoms with E-state index in [0.29, 0.717) is 0 Å². The molecular formula is C17H15N3. The molecule has 3 aromatic rings. The van der Waals surface area contributed by atoms with Gasteiger partial charge in [-0.15, -0.1) is 0 Å². The Morgan fingerprint density at radius 1 is 1.00 bits per heavy atom. The van der Waals surface area contributed by atoms with Crippen LogP contribution < -0.4 is 4.90 Å². The van der Waals surface area contributed by atoms with Crippen LogP contribution in [0, 0.1) is 0 Å². The minimum atomic E-state index is 0.867. The Kier molecular flexibility index (Phi) is 2.62. The number of fused-ring (bicyclic) bond motifs is 2. The SMILES string of the molecule is c1ccc2c(N3CCc4cncnc4C3)cccc2c1. The van der Waals surface area contributed by atoms with Gasteiger partial charge in [0.2, 0.25) is 0 Å². The molecule has 3 heteroatoms. The zero-order valence-electron chi connectivity index (χ0n) is 11.2. The van der Waals surface area contributed by atoms with E-state index >= 15 is 0 Å². The Morgan fingerprint density at radius 2 is 1.90 bits per heavy atom. The Balaban J connectivity index is 1.78. The number of aromatic nitrogens is 2. The van der Waals surface area contributed by atoms with Crippen LogP contribution in [0.5, 0.6) is 0 Å². The maximum absolute atomic E-state index is 4.42. The molecule has 1 aliphatic rings. The van der Waals surface area contributed by atoms with Gasteiger partial charge in [0.1, 0.15) is 6.33 Å². The molecular weight excluding hydrogens is 246 g/mol. The minimum absolute atomic E-state index is 0.867. The molecule has 0 unspecified atom stereocenters. The highest BCUT2D eigenvalue weighted by atomic mass is 15.1. The van der Waals surface area contributed by atoms with Crippen molar-refractivity contribution in [3.8, 4) is 0 Å². The molecule has 1 aromatic heterocycles. The maximum atomic E-state index is 4.42. The largest absolute Gasteiger partial charge is 0.365 e. The molecule has 0 amide bonds. The molecule has 0 fully saturated rings. The third-order valence-electron chi connectivity index (χ3n) is 3.98. The number of hydrogen-bond acceptors (Lipinski definition) is 3. The van der Waals surface area contributed by atoms with Gasteiger partial charge in [0.05, 0.1) is 12.2 Å². The second-order valence-electron chi connectivity index (χ2n) is 5.16. The number of hydrogen-bond donors (Lipinski definition) is 0. The van der Waals surface area contributed by atoms with Crippen LogP contribution in [-0.2, 0) is 13.0 Å². The summed E-state index contributed by atoms with van der Waals surface area (Å²) in [5, 5.41) is 2.60. The van der Waals surface area contributed by atoms with Crippen LogP contribution in [0.1, 0.15) is 11.3 Å². The lowest BCUT2D eigenvalue weighted by Gasteiger charge is -2.30. The van der Waals surface area contributed by atoms with E-state index < -0.39 is 0 Å². The maximum Gasteiger partial charge on any atom is 0.115 e. The third-order valence-corrected chi connectivity index (χ3v) is 3.98. The molecule has 4 rings (SSSR count). The molecule has 2 heterocycles. The van der Waals surface area contributed by atoms with Crippen molar-refractivity contribution < 1.29 is 0 Å². The first-order valence-electron chi connectivity index (χ1n) is 6.92. The molecule has 98 valence electrons. The predicted molar refractivity (Wildman–Crippen MR) is 80.7 cm³/mol. The quantitative estimate of drug-likeness (QED) is 0.673. The summed E-state index contributed by atoms with van der Waals surface area (Å²) >= 11 is 0. The Hall–Kier alpha value is -2.42. The zero-order valence-corrected chi connectivity index (χ0v) is 11.2. The van der Waals surface area contributed by atoms with E-state index in [1.807, 2.05) is 6.20 Å². The number of anilines is 1. The highest BCUT2D eigenvalue weighted by Gasteiger charge is 2.18. The normalized spacial score (nSPS) is 14.3. The molecule has 2 aromatic carbocycles. The molecule has 0 bridgehead atoms. The third kappa shape index (κ3) is 1.83. The minimum Gasteiger partial charge on any atom is -0.365 e. The van der Waals surface area contributed by atoms with Crippen molar-refractivity contribution in [2.45, 2.75) is 13.0 Å². The Labute approximate surface area is 117 Å². The van der Waals surface area contributed by atoms with Crippen LogP contribution in [-0.4, -0.2) is 16.5 Å². The van der Waals surface area contributed by atoms with E-state index in [2.05, 4.69) is 57.3 Å². The van der Waals surface area contributed by atoms with Crippen molar-refractivity contribution in [3.63, 3.8) is 0 Å². The van der Waals surface area contributed by atoms with Gasteiger partial charge in [-0.2, -0.15) is 0 Å². The lowest BCUT2D eigenvalue weighted by molar-refractivity contribution is 0.705. The molecule has 0 saturated carbocycles. The lowest BCUT2D eigenvalue weighted by atomic mass is 10.0.